The van der Waals surface area contributed by atoms with Crippen molar-refractivity contribution in [2.45, 2.75) is 69.4 Å². The summed E-state index contributed by atoms with van der Waals surface area (Å²) in [6, 6.07) is 10.6. The number of hydrogen-bond acceptors (Lipinski definition) is 3. The Morgan fingerprint density at radius 3 is 2.32 bits per heavy atom. The molecule has 0 radical (unpaired) electrons. The van der Waals surface area contributed by atoms with Gasteiger partial charge in [0, 0.05) is 37.4 Å². The lowest BCUT2D eigenvalue weighted by Gasteiger charge is -2.40. The van der Waals surface area contributed by atoms with Crippen molar-refractivity contribution in [3.8, 4) is 0 Å². The van der Waals surface area contributed by atoms with Crippen LogP contribution in [0.15, 0.2) is 42.6 Å². The third-order valence-electron chi connectivity index (χ3n) is 8.41. The Balaban J connectivity index is 1.30. The topological polar surface area (TPSA) is 36.4 Å². The zero-order chi connectivity index (χ0) is 26.4. The minimum Gasteiger partial charge on any atom is -0.337 e. The summed E-state index contributed by atoms with van der Waals surface area (Å²) < 4.78 is 83.0. The van der Waals surface area contributed by atoms with Gasteiger partial charge in [-0.15, -0.1) is 0 Å². The van der Waals surface area contributed by atoms with Crippen molar-refractivity contribution in [3.63, 3.8) is 0 Å². The number of carbonyl (C=O) groups is 1. The number of pyridine rings is 1. The van der Waals surface area contributed by atoms with E-state index in [0.717, 1.165) is 30.0 Å². The van der Waals surface area contributed by atoms with Crippen molar-refractivity contribution >= 4 is 5.91 Å². The van der Waals surface area contributed by atoms with Gasteiger partial charge in [0.15, 0.2) is 0 Å². The highest BCUT2D eigenvalue weighted by Crippen LogP contribution is 2.53. The number of benzene rings is 1. The van der Waals surface area contributed by atoms with Crippen LogP contribution in [0.4, 0.5) is 26.3 Å². The van der Waals surface area contributed by atoms with Crippen LogP contribution in [0.5, 0.6) is 0 Å². The molecule has 1 aromatic carbocycles. The lowest BCUT2D eigenvalue weighted by Crippen LogP contribution is -2.53. The minimum atomic E-state index is -4.74. The monoisotopic (exact) mass is 525 g/mol. The van der Waals surface area contributed by atoms with Crippen molar-refractivity contribution in [2.24, 2.45) is 5.41 Å². The van der Waals surface area contributed by atoms with Gasteiger partial charge in [-0.3, -0.25) is 9.78 Å². The number of piperidine rings is 1. The van der Waals surface area contributed by atoms with Crippen LogP contribution < -0.4 is 0 Å². The molecule has 0 N–H and O–H groups in total. The molecular weight excluding hydrogens is 496 g/mol. The molecule has 2 aliphatic heterocycles. The van der Waals surface area contributed by atoms with Gasteiger partial charge in [-0.05, 0) is 68.3 Å². The third kappa shape index (κ3) is 4.96. The van der Waals surface area contributed by atoms with Gasteiger partial charge in [-0.2, -0.15) is 26.3 Å². The summed E-state index contributed by atoms with van der Waals surface area (Å²) in [5, 5.41) is 0. The predicted molar refractivity (Wildman–Crippen MR) is 124 cm³/mol. The summed E-state index contributed by atoms with van der Waals surface area (Å²) in [7, 11) is 0. The van der Waals surface area contributed by atoms with Crippen LogP contribution in [0.1, 0.15) is 60.4 Å². The Morgan fingerprint density at radius 1 is 0.973 bits per heavy atom. The molecule has 1 aliphatic carbocycles. The van der Waals surface area contributed by atoms with E-state index in [1.165, 1.54) is 5.56 Å². The number of likely N-dealkylation sites (tertiary alicyclic amines) is 1. The highest BCUT2D eigenvalue weighted by atomic mass is 19.4. The number of carbonyl (C=O) groups excluding carboxylic acids is 1. The lowest BCUT2D eigenvalue weighted by atomic mass is 9.82. The van der Waals surface area contributed by atoms with Crippen molar-refractivity contribution in [3.05, 3.63) is 65.0 Å². The molecule has 0 unspecified atom stereocenters. The number of fused-ring (bicyclic) bond motifs is 1. The molecule has 3 heterocycles. The van der Waals surface area contributed by atoms with Crippen LogP contribution in [0.2, 0.25) is 0 Å². The molecule has 1 aromatic heterocycles. The fourth-order valence-corrected chi connectivity index (χ4v) is 6.28. The van der Waals surface area contributed by atoms with Gasteiger partial charge >= 0.3 is 12.4 Å². The molecule has 2 fully saturated rings. The van der Waals surface area contributed by atoms with Crippen LogP contribution in [0, 0.1) is 5.41 Å². The molecule has 1 saturated carbocycles. The second kappa shape index (κ2) is 9.60. The van der Waals surface area contributed by atoms with E-state index < -0.39 is 29.2 Å². The van der Waals surface area contributed by atoms with E-state index in [4.69, 9.17) is 0 Å². The molecule has 4 nitrogen and oxygen atoms in total. The molecule has 1 amide bonds. The molecule has 1 saturated heterocycles. The van der Waals surface area contributed by atoms with E-state index in [1.54, 1.807) is 0 Å². The fourth-order valence-electron chi connectivity index (χ4n) is 6.28. The highest BCUT2D eigenvalue weighted by Gasteiger charge is 2.64. The Labute approximate surface area is 211 Å². The first-order valence-corrected chi connectivity index (χ1v) is 12.7. The van der Waals surface area contributed by atoms with Crippen LogP contribution in [0.25, 0.3) is 0 Å². The fraction of sp³-hybridized carbons (Fsp3) is 0.556. The van der Waals surface area contributed by atoms with Crippen LogP contribution in [-0.4, -0.2) is 52.5 Å². The second-order valence-electron chi connectivity index (χ2n) is 10.5. The summed E-state index contributed by atoms with van der Waals surface area (Å²) in [4.78, 5) is 20.5. The zero-order valence-corrected chi connectivity index (χ0v) is 20.3. The number of amides is 1. The van der Waals surface area contributed by atoms with Crippen LogP contribution >= 0.6 is 0 Å². The van der Waals surface area contributed by atoms with E-state index in [-0.39, 0.29) is 50.4 Å². The van der Waals surface area contributed by atoms with E-state index in [1.807, 2.05) is 18.2 Å². The zero-order valence-electron chi connectivity index (χ0n) is 20.3. The molecule has 10 heteroatoms. The van der Waals surface area contributed by atoms with Gasteiger partial charge in [0.25, 0.3) is 0 Å². The van der Waals surface area contributed by atoms with Gasteiger partial charge in [-0.1, -0.05) is 30.3 Å². The maximum atomic E-state index is 14.5. The number of aromatic nitrogens is 1. The molecule has 0 bridgehead atoms. The van der Waals surface area contributed by atoms with Crippen molar-refractivity contribution in [1.82, 2.24) is 14.8 Å². The smallest absolute Gasteiger partial charge is 0.337 e. The first-order chi connectivity index (χ1) is 17.5. The number of nitrogens with zero attached hydrogens (tertiary/aromatic N) is 3. The Hall–Kier alpha value is -2.62. The summed E-state index contributed by atoms with van der Waals surface area (Å²) in [5.41, 5.74) is -1.69. The van der Waals surface area contributed by atoms with Gasteiger partial charge in [-0.25, -0.2) is 0 Å². The number of rotatable bonds is 3. The molecule has 2 aromatic rings. The van der Waals surface area contributed by atoms with Crippen LogP contribution in [0.3, 0.4) is 0 Å². The van der Waals surface area contributed by atoms with Crippen molar-refractivity contribution in [1.29, 1.82) is 0 Å². The molecule has 0 spiro atoms. The normalized spacial score (nSPS) is 25.8. The second-order valence-corrected chi connectivity index (χ2v) is 10.5. The molecule has 37 heavy (non-hydrogen) atoms. The molecular formula is C27H29F6N3O. The first kappa shape index (κ1) is 26.0. The largest absolute Gasteiger partial charge is 0.417 e. The average molecular weight is 526 g/mol. The third-order valence-corrected chi connectivity index (χ3v) is 8.41. The summed E-state index contributed by atoms with van der Waals surface area (Å²) in [6.45, 7) is 1.07. The minimum absolute atomic E-state index is 0.00909. The SMILES string of the molecule is O=C(N1CCc2ncc(C(F)(F)F)cc2C1)[C@@]1(C(F)(F)F)CC[C@@H](N2CCC(c3ccccc3)CC2)C1. The first-order valence-electron chi connectivity index (χ1n) is 12.7. The lowest BCUT2D eigenvalue weighted by molar-refractivity contribution is -0.227. The average Bonchev–Trinajstić information content (AvgIpc) is 3.35. The van der Waals surface area contributed by atoms with E-state index in [2.05, 4.69) is 22.0 Å². The molecule has 5 rings (SSSR count). The summed E-state index contributed by atoms with van der Waals surface area (Å²) in [5.74, 6) is -0.652. The molecule has 200 valence electrons. The van der Waals surface area contributed by atoms with Gasteiger partial charge in [0.2, 0.25) is 5.91 Å². The van der Waals surface area contributed by atoms with Crippen molar-refractivity contribution < 1.29 is 31.1 Å². The summed E-state index contributed by atoms with van der Waals surface area (Å²) in [6.07, 6.45) is -7.14. The Bertz CT molecular complexity index is 1130. The maximum absolute atomic E-state index is 14.5. The number of halogens is 6. The standard InChI is InChI=1S/C27H29F6N3O/c28-26(29,30)21-14-20-17-36(13-9-23(20)34-16-21)24(37)25(27(31,32)33)10-6-22(15-25)35-11-7-19(8-12-35)18-4-2-1-3-5-18/h1-5,14,16,19,22H,6-13,15,17H2/t22-,25-/m1/s1. The number of alkyl halides is 6. The predicted octanol–water partition coefficient (Wildman–Crippen LogP) is 5.97. The number of hydrogen-bond donors (Lipinski definition) is 0. The van der Waals surface area contributed by atoms with Gasteiger partial charge in [0.1, 0.15) is 5.41 Å². The van der Waals surface area contributed by atoms with Crippen molar-refractivity contribution in [2.75, 3.05) is 19.6 Å². The highest BCUT2D eigenvalue weighted by molar-refractivity contribution is 5.84. The van der Waals surface area contributed by atoms with E-state index in [9.17, 15) is 31.1 Å². The van der Waals surface area contributed by atoms with E-state index in [0.29, 0.717) is 24.7 Å². The van der Waals surface area contributed by atoms with Crippen LogP contribution in [-0.2, 0) is 23.9 Å². The molecule has 3 aliphatic rings. The quantitative estimate of drug-likeness (QED) is 0.464. The maximum Gasteiger partial charge on any atom is 0.417 e. The Morgan fingerprint density at radius 2 is 1.68 bits per heavy atom. The van der Waals surface area contributed by atoms with E-state index >= 15 is 0 Å². The van der Waals surface area contributed by atoms with Gasteiger partial charge in [0.05, 0.1) is 5.56 Å². The Kier molecular flexibility index (Phi) is 6.75. The summed E-state index contributed by atoms with van der Waals surface area (Å²) >= 11 is 0. The molecule has 2 atom stereocenters. The van der Waals surface area contributed by atoms with Gasteiger partial charge < -0.3 is 9.80 Å².